The van der Waals surface area contributed by atoms with Gasteiger partial charge in [-0.05, 0) is 50.5 Å². The van der Waals surface area contributed by atoms with Gasteiger partial charge >= 0.3 is 0 Å². The van der Waals surface area contributed by atoms with Crippen molar-refractivity contribution in [3.05, 3.63) is 99.9 Å². The molecule has 0 saturated carbocycles. The average Bonchev–Trinajstić information content (AvgIpc) is 2.75. The first kappa shape index (κ1) is 25.3. The van der Waals surface area contributed by atoms with Gasteiger partial charge in [-0.25, -0.2) is 18.2 Å². The molecule has 6 nitrogen and oxygen atoms in total. The predicted molar refractivity (Wildman–Crippen MR) is 132 cm³/mol. The van der Waals surface area contributed by atoms with Crippen molar-refractivity contribution in [1.82, 2.24) is 9.73 Å². The first-order valence-electron chi connectivity index (χ1n) is 10.8. The minimum Gasteiger partial charge on any atom is -0.272 e. The van der Waals surface area contributed by atoms with Crippen molar-refractivity contribution in [2.45, 2.75) is 39.1 Å². The lowest BCUT2D eigenvalue weighted by Gasteiger charge is -2.24. The molecule has 0 saturated heterocycles. The molecule has 0 aliphatic heterocycles. The third-order valence-electron chi connectivity index (χ3n) is 5.30. The third kappa shape index (κ3) is 6.15. The molecule has 0 fully saturated rings. The molecule has 0 spiro atoms. The van der Waals surface area contributed by atoms with Crippen LogP contribution in [0.5, 0.6) is 0 Å². The Morgan fingerprint density at radius 3 is 2.21 bits per heavy atom. The number of carbonyl (C=O) groups excluding carboxylic acids is 1. The van der Waals surface area contributed by atoms with Crippen molar-refractivity contribution in [1.29, 1.82) is 0 Å². The number of carbonyl (C=O) groups is 1. The summed E-state index contributed by atoms with van der Waals surface area (Å²) in [5.74, 6) is -1.11. The zero-order valence-electron chi connectivity index (χ0n) is 19.7. The summed E-state index contributed by atoms with van der Waals surface area (Å²) in [5.41, 5.74) is 6.49. The maximum atomic E-state index is 13.8. The van der Waals surface area contributed by atoms with E-state index in [-0.39, 0.29) is 17.0 Å². The Morgan fingerprint density at radius 1 is 0.971 bits per heavy atom. The highest BCUT2D eigenvalue weighted by atomic mass is 32.2. The number of halogens is 1. The monoisotopic (exact) mass is 481 g/mol. The summed E-state index contributed by atoms with van der Waals surface area (Å²) in [6.45, 7) is 6.91. The summed E-state index contributed by atoms with van der Waals surface area (Å²) in [4.78, 5) is 12.8. The van der Waals surface area contributed by atoms with Crippen LogP contribution in [0.25, 0.3) is 0 Å². The number of hydrazone groups is 1. The zero-order chi connectivity index (χ0) is 24.9. The first-order chi connectivity index (χ1) is 16.1. The fourth-order valence-electron chi connectivity index (χ4n) is 3.77. The summed E-state index contributed by atoms with van der Waals surface area (Å²) < 4.78 is 42.3. The van der Waals surface area contributed by atoms with Crippen LogP contribution < -0.4 is 5.43 Å². The smallest absolute Gasteiger partial charge is 0.255 e. The van der Waals surface area contributed by atoms with E-state index in [4.69, 9.17) is 0 Å². The fourth-order valence-corrected chi connectivity index (χ4v) is 5.57. The van der Waals surface area contributed by atoms with Gasteiger partial charge in [0.05, 0.1) is 17.7 Å². The van der Waals surface area contributed by atoms with Crippen LogP contribution in [0.2, 0.25) is 0 Å². The first-order valence-corrected chi connectivity index (χ1v) is 12.2. The van der Waals surface area contributed by atoms with Crippen LogP contribution in [0.3, 0.4) is 0 Å². The molecule has 178 valence electrons. The molecule has 1 N–H and O–H groups in total. The number of nitrogens with zero attached hydrogens (tertiary/aromatic N) is 2. The Morgan fingerprint density at radius 2 is 1.59 bits per heavy atom. The molecule has 0 radical (unpaired) electrons. The summed E-state index contributed by atoms with van der Waals surface area (Å²) in [7, 11) is -4.01. The maximum Gasteiger partial charge on any atom is 0.255 e. The van der Waals surface area contributed by atoms with E-state index >= 15 is 0 Å². The van der Waals surface area contributed by atoms with E-state index in [9.17, 15) is 17.6 Å². The van der Waals surface area contributed by atoms with E-state index in [0.717, 1.165) is 21.0 Å². The van der Waals surface area contributed by atoms with Crippen molar-refractivity contribution in [3.63, 3.8) is 0 Å². The highest BCUT2D eigenvalue weighted by molar-refractivity contribution is 7.89. The quantitative estimate of drug-likeness (QED) is 0.383. The van der Waals surface area contributed by atoms with Gasteiger partial charge in [-0.3, -0.25) is 4.79 Å². The highest BCUT2D eigenvalue weighted by Gasteiger charge is 2.30. The van der Waals surface area contributed by atoms with E-state index in [1.165, 1.54) is 18.3 Å². The fraction of sp³-hybridized carbons (Fsp3) is 0.231. The van der Waals surface area contributed by atoms with Gasteiger partial charge in [-0.2, -0.15) is 9.41 Å². The van der Waals surface area contributed by atoms with Gasteiger partial charge in [0.2, 0.25) is 10.0 Å². The van der Waals surface area contributed by atoms with Crippen LogP contribution in [-0.2, 0) is 21.4 Å². The molecule has 0 heterocycles. The number of aryl methyl sites for hydroxylation is 4. The molecule has 3 aromatic carbocycles. The Hall–Kier alpha value is -3.36. The molecule has 1 amide bonds. The zero-order valence-corrected chi connectivity index (χ0v) is 20.5. The number of hydrogen-bond donors (Lipinski definition) is 1. The molecule has 0 bridgehead atoms. The van der Waals surface area contributed by atoms with Crippen LogP contribution in [0.4, 0.5) is 4.39 Å². The van der Waals surface area contributed by atoms with Gasteiger partial charge in [0.15, 0.2) is 0 Å². The Balaban J connectivity index is 1.88. The second-order valence-corrected chi connectivity index (χ2v) is 10.2. The van der Waals surface area contributed by atoms with Crippen molar-refractivity contribution in [2.75, 3.05) is 6.54 Å². The van der Waals surface area contributed by atoms with E-state index in [0.29, 0.717) is 11.1 Å². The van der Waals surface area contributed by atoms with E-state index in [1.54, 1.807) is 26.0 Å². The van der Waals surface area contributed by atoms with Crippen molar-refractivity contribution in [3.8, 4) is 0 Å². The SMILES string of the molecule is Cc1ccc(CN(CC(=O)N/N=C/c2ccccc2F)S(=O)(=O)c2c(C)cc(C)cc2C)cc1. The molecule has 0 aliphatic rings. The number of nitrogens with one attached hydrogen (secondary N) is 1. The normalized spacial score (nSPS) is 11.8. The second-order valence-electron chi connectivity index (χ2n) is 8.30. The van der Waals surface area contributed by atoms with Gasteiger partial charge in [0.1, 0.15) is 5.82 Å². The number of rotatable bonds is 8. The van der Waals surface area contributed by atoms with Crippen LogP contribution in [0, 0.1) is 33.5 Å². The van der Waals surface area contributed by atoms with Crippen LogP contribution in [-0.4, -0.2) is 31.4 Å². The Kier molecular flexibility index (Phi) is 7.96. The molecular formula is C26H28FN3O3S. The van der Waals surface area contributed by atoms with Crippen LogP contribution >= 0.6 is 0 Å². The van der Waals surface area contributed by atoms with Gasteiger partial charge < -0.3 is 0 Å². The van der Waals surface area contributed by atoms with Gasteiger partial charge in [0.25, 0.3) is 5.91 Å². The second kappa shape index (κ2) is 10.7. The minimum atomic E-state index is -4.01. The van der Waals surface area contributed by atoms with Crippen molar-refractivity contribution >= 4 is 22.1 Å². The lowest BCUT2D eigenvalue weighted by molar-refractivity contribution is -0.121. The van der Waals surface area contributed by atoms with Crippen molar-refractivity contribution in [2.24, 2.45) is 5.10 Å². The standard InChI is InChI=1S/C26H28FN3O3S/c1-18-9-11-22(12-10-18)16-30(34(32,33)26-20(3)13-19(2)14-21(26)4)17-25(31)29-28-15-23-7-5-6-8-24(23)27/h5-15H,16-17H2,1-4H3,(H,29,31)/b28-15+. The number of sulfonamides is 1. The van der Waals surface area contributed by atoms with E-state index in [1.807, 2.05) is 50.2 Å². The summed E-state index contributed by atoms with van der Waals surface area (Å²) >= 11 is 0. The largest absolute Gasteiger partial charge is 0.272 e. The molecule has 0 atom stereocenters. The number of hydrogen-bond acceptors (Lipinski definition) is 4. The van der Waals surface area contributed by atoms with Gasteiger partial charge in [-0.1, -0.05) is 65.7 Å². The van der Waals surface area contributed by atoms with E-state index in [2.05, 4.69) is 10.5 Å². The number of benzene rings is 3. The third-order valence-corrected chi connectivity index (χ3v) is 7.40. The lowest BCUT2D eigenvalue weighted by atomic mass is 10.1. The van der Waals surface area contributed by atoms with Crippen LogP contribution in [0.1, 0.15) is 33.4 Å². The topological polar surface area (TPSA) is 78.8 Å². The summed E-state index contributed by atoms with van der Waals surface area (Å²) in [6, 6.07) is 17.1. The summed E-state index contributed by atoms with van der Waals surface area (Å²) in [5, 5.41) is 3.79. The van der Waals surface area contributed by atoms with E-state index < -0.39 is 28.3 Å². The highest BCUT2D eigenvalue weighted by Crippen LogP contribution is 2.26. The predicted octanol–water partition coefficient (Wildman–Crippen LogP) is 4.40. The number of amides is 1. The van der Waals surface area contributed by atoms with Gasteiger partial charge in [-0.15, -0.1) is 0 Å². The molecule has 8 heteroatoms. The molecule has 3 rings (SSSR count). The average molecular weight is 482 g/mol. The van der Waals surface area contributed by atoms with Gasteiger partial charge in [0, 0.05) is 12.1 Å². The molecule has 34 heavy (non-hydrogen) atoms. The van der Waals surface area contributed by atoms with Crippen molar-refractivity contribution < 1.29 is 17.6 Å². The molecule has 0 unspecified atom stereocenters. The minimum absolute atomic E-state index is 0.0137. The maximum absolute atomic E-state index is 13.8. The molecular weight excluding hydrogens is 453 g/mol. The van der Waals surface area contributed by atoms with Crippen LogP contribution in [0.15, 0.2) is 70.7 Å². The molecule has 0 aliphatic carbocycles. The summed E-state index contributed by atoms with van der Waals surface area (Å²) in [6.07, 6.45) is 1.18. The Bertz CT molecular complexity index is 1300. The Labute approximate surface area is 200 Å². The molecule has 0 aromatic heterocycles. The molecule has 3 aromatic rings. The lowest BCUT2D eigenvalue weighted by Crippen LogP contribution is -2.39.